The number of nitrogens with one attached hydrogen (secondary N) is 1. The highest BCUT2D eigenvalue weighted by Crippen LogP contribution is 2.31. The lowest BCUT2D eigenvalue weighted by molar-refractivity contribution is 0.598. The standard InChI is InChI=1S/C14H16BrN3O2S/c1-8-5-10(15)6-9(2)14(8)18-12-4-3-11(16)7-13(12)21(17,19)20/h3-7,18H,16H2,1-2H3,(H2,17,19,20). The van der Waals surface area contributed by atoms with Gasteiger partial charge in [-0.05, 0) is 55.3 Å². The van der Waals surface area contributed by atoms with Crippen LogP contribution in [0.15, 0.2) is 39.7 Å². The summed E-state index contributed by atoms with van der Waals surface area (Å²) in [6, 6.07) is 8.48. The normalized spacial score (nSPS) is 11.4. The maximum atomic E-state index is 11.7. The Kier molecular flexibility index (Phi) is 4.27. The van der Waals surface area contributed by atoms with Crippen LogP contribution >= 0.6 is 15.9 Å². The Morgan fingerprint density at radius 2 is 1.67 bits per heavy atom. The molecule has 0 radical (unpaired) electrons. The largest absolute Gasteiger partial charge is 0.399 e. The summed E-state index contributed by atoms with van der Waals surface area (Å²) < 4.78 is 24.4. The number of nitrogens with two attached hydrogens (primary N) is 2. The number of anilines is 3. The van der Waals surface area contributed by atoms with Crippen LogP contribution in [0.25, 0.3) is 0 Å². The van der Waals surface area contributed by atoms with Crippen molar-refractivity contribution >= 4 is 43.0 Å². The van der Waals surface area contributed by atoms with Gasteiger partial charge in [-0.15, -0.1) is 0 Å². The first kappa shape index (κ1) is 15.8. The van der Waals surface area contributed by atoms with Crippen molar-refractivity contribution in [3.8, 4) is 0 Å². The molecule has 0 bridgehead atoms. The zero-order valence-corrected chi connectivity index (χ0v) is 14.0. The molecule has 21 heavy (non-hydrogen) atoms. The van der Waals surface area contributed by atoms with Crippen LogP contribution in [0, 0.1) is 13.8 Å². The summed E-state index contributed by atoms with van der Waals surface area (Å²) in [4.78, 5) is -0.0239. The number of hydrogen-bond donors (Lipinski definition) is 3. The van der Waals surface area contributed by atoms with Crippen LogP contribution in [0.1, 0.15) is 11.1 Å². The van der Waals surface area contributed by atoms with Gasteiger partial charge >= 0.3 is 0 Å². The van der Waals surface area contributed by atoms with E-state index in [4.69, 9.17) is 10.9 Å². The molecule has 5 nitrogen and oxygen atoms in total. The third-order valence-electron chi connectivity index (χ3n) is 3.07. The van der Waals surface area contributed by atoms with E-state index in [0.717, 1.165) is 21.3 Å². The topological polar surface area (TPSA) is 98.2 Å². The van der Waals surface area contributed by atoms with E-state index in [1.807, 2.05) is 26.0 Å². The molecule has 0 aromatic heterocycles. The lowest BCUT2D eigenvalue weighted by Gasteiger charge is -2.16. The second kappa shape index (κ2) is 5.67. The van der Waals surface area contributed by atoms with Crippen LogP contribution in [0.2, 0.25) is 0 Å². The van der Waals surface area contributed by atoms with Crippen LogP contribution in [0.3, 0.4) is 0 Å². The molecule has 112 valence electrons. The Labute approximate surface area is 132 Å². The third-order valence-corrected chi connectivity index (χ3v) is 4.48. The fourth-order valence-corrected chi connectivity index (χ4v) is 3.53. The second-order valence-electron chi connectivity index (χ2n) is 4.84. The average Bonchev–Trinajstić information content (AvgIpc) is 2.34. The third kappa shape index (κ3) is 3.55. The Hall–Kier alpha value is -1.57. The van der Waals surface area contributed by atoms with Gasteiger partial charge in [0.15, 0.2) is 0 Å². The lowest BCUT2D eigenvalue weighted by atomic mass is 10.1. The molecule has 0 aliphatic rings. The molecule has 0 amide bonds. The molecule has 0 atom stereocenters. The number of aryl methyl sites for hydroxylation is 2. The summed E-state index contributed by atoms with van der Waals surface area (Å²) in [6.45, 7) is 3.88. The maximum Gasteiger partial charge on any atom is 0.240 e. The van der Waals surface area contributed by atoms with Crippen molar-refractivity contribution in [2.75, 3.05) is 11.1 Å². The molecular formula is C14H16BrN3O2S. The van der Waals surface area contributed by atoms with Crippen LogP contribution in [0.4, 0.5) is 17.1 Å². The second-order valence-corrected chi connectivity index (χ2v) is 7.29. The molecule has 0 aliphatic carbocycles. The molecule has 2 aromatic carbocycles. The van der Waals surface area contributed by atoms with E-state index < -0.39 is 10.0 Å². The fraction of sp³-hybridized carbons (Fsp3) is 0.143. The van der Waals surface area contributed by atoms with Gasteiger partial charge in [0.2, 0.25) is 10.0 Å². The van der Waals surface area contributed by atoms with Gasteiger partial charge < -0.3 is 11.1 Å². The van der Waals surface area contributed by atoms with Gasteiger partial charge in [0.1, 0.15) is 4.90 Å². The fourth-order valence-electron chi connectivity index (χ4n) is 2.12. The predicted molar refractivity (Wildman–Crippen MR) is 89.1 cm³/mol. The highest BCUT2D eigenvalue weighted by Gasteiger charge is 2.16. The van der Waals surface area contributed by atoms with Crippen LogP contribution in [0.5, 0.6) is 0 Å². The first-order valence-electron chi connectivity index (χ1n) is 6.14. The summed E-state index contributed by atoms with van der Waals surface area (Å²) >= 11 is 3.43. The van der Waals surface area contributed by atoms with Crippen molar-refractivity contribution < 1.29 is 8.42 Å². The smallest absolute Gasteiger partial charge is 0.240 e. The van der Waals surface area contributed by atoms with Crippen molar-refractivity contribution in [2.45, 2.75) is 18.7 Å². The molecule has 0 saturated heterocycles. The lowest BCUT2D eigenvalue weighted by Crippen LogP contribution is -2.15. The Balaban J connectivity index is 2.56. The molecule has 0 unspecified atom stereocenters. The molecular weight excluding hydrogens is 354 g/mol. The first-order valence-corrected chi connectivity index (χ1v) is 8.48. The minimum atomic E-state index is -3.86. The van der Waals surface area contributed by atoms with E-state index in [2.05, 4.69) is 21.2 Å². The van der Waals surface area contributed by atoms with E-state index in [1.54, 1.807) is 12.1 Å². The number of primary sulfonamides is 1. The summed E-state index contributed by atoms with van der Waals surface area (Å²) in [5, 5.41) is 8.38. The minimum Gasteiger partial charge on any atom is -0.399 e. The van der Waals surface area contributed by atoms with Gasteiger partial charge in [0.25, 0.3) is 0 Å². The number of benzene rings is 2. The van der Waals surface area contributed by atoms with Gasteiger partial charge in [0.05, 0.1) is 5.69 Å². The Bertz CT molecular complexity index is 781. The van der Waals surface area contributed by atoms with Crippen molar-refractivity contribution in [2.24, 2.45) is 5.14 Å². The molecule has 0 saturated carbocycles. The van der Waals surface area contributed by atoms with E-state index >= 15 is 0 Å². The number of rotatable bonds is 3. The van der Waals surface area contributed by atoms with Crippen molar-refractivity contribution in [3.05, 3.63) is 45.9 Å². The molecule has 0 spiro atoms. The van der Waals surface area contributed by atoms with Gasteiger partial charge in [-0.25, -0.2) is 13.6 Å². The Morgan fingerprint density at radius 1 is 1.10 bits per heavy atom. The first-order chi connectivity index (χ1) is 9.68. The van der Waals surface area contributed by atoms with Crippen molar-refractivity contribution in [3.63, 3.8) is 0 Å². The summed E-state index contributed by atoms with van der Waals surface area (Å²) in [5.74, 6) is 0. The zero-order valence-electron chi connectivity index (χ0n) is 11.6. The number of halogens is 1. The van der Waals surface area contributed by atoms with Crippen molar-refractivity contribution in [1.29, 1.82) is 0 Å². The monoisotopic (exact) mass is 369 g/mol. The zero-order chi connectivity index (χ0) is 15.8. The van der Waals surface area contributed by atoms with Crippen molar-refractivity contribution in [1.82, 2.24) is 0 Å². The molecule has 2 rings (SSSR count). The molecule has 5 N–H and O–H groups in total. The summed E-state index contributed by atoms with van der Waals surface area (Å²) in [6.07, 6.45) is 0. The number of hydrogen-bond acceptors (Lipinski definition) is 4. The van der Waals surface area contributed by atoms with E-state index in [-0.39, 0.29) is 4.90 Å². The highest BCUT2D eigenvalue weighted by molar-refractivity contribution is 9.10. The van der Waals surface area contributed by atoms with Gasteiger partial charge in [-0.3, -0.25) is 0 Å². The van der Waals surface area contributed by atoms with Gasteiger partial charge in [-0.2, -0.15) is 0 Å². The molecule has 0 aliphatic heterocycles. The maximum absolute atomic E-state index is 11.7. The number of nitrogen functional groups attached to an aromatic ring is 1. The predicted octanol–water partition coefficient (Wildman–Crippen LogP) is 3.04. The highest BCUT2D eigenvalue weighted by atomic mass is 79.9. The molecule has 0 fully saturated rings. The molecule has 0 heterocycles. The summed E-state index contributed by atoms with van der Waals surface area (Å²) in [5.41, 5.74) is 9.20. The quantitative estimate of drug-likeness (QED) is 0.724. The van der Waals surface area contributed by atoms with Crippen LogP contribution in [-0.2, 0) is 10.0 Å². The summed E-state index contributed by atoms with van der Waals surface area (Å²) in [7, 11) is -3.86. The van der Waals surface area contributed by atoms with Gasteiger partial charge in [0, 0.05) is 15.8 Å². The minimum absolute atomic E-state index is 0.0239. The van der Waals surface area contributed by atoms with Gasteiger partial charge in [-0.1, -0.05) is 15.9 Å². The van der Waals surface area contributed by atoms with E-state index in [9.17, 15) is 8.42 Å². The molecule has 7 heteroatoms. The average molecular weight is 370 g/mol. The molecule has 2 aromatic rings. The van der Waals surface area contributed by atoms with Crippen LogP contribution < -0.4 is 16.2 Å². The van der Waals surface area contributed by atoms with E-state index in [0.29, 0.717) is 11.4 Å². The SMILES string of the molecule is Cc1cc(Br)cc(C)c1Nc1ccc(N)cc1S(N)(=O)=O. The Morgan fingerprint density at radius 3 is 2.19 bits per heavy atom. The number of sulfonamides is 1. The van der Waals surface area contributed by atoms with E-state index in [1.165, 1.54) is 6.07 Å². The van der Waals surface area contributed by atoms with Crippen LogP contribution in [-0.4, -0.2) is 8.42 Å².